The summed E-state index contributed by atoms with van der Waals surface area (Å²) in [5.41, 5.74) is 1.25. The minimum absolute atomic E-state index is 0. The maximum Gasteiger partial charge on any atom is 0 e. The van der Waals surface area contributed by atoms with Gasteiger partial charge in [-0.25, -0.2) is 0 Å². The molecule has 0 aliphatic rings. The minimum Gasteiger partial charge on any atom is -0.998 e. The molecule has 0 heterocycles. The van der Waals surface area contributed by atoms with Gasteiger partial charge in [-0.15, -0.1) is 13.2 Å². The quantitative estimate of drug-likeness (QED) is 0.579. The normalized spacial score (nSPS) is 8.67. The van der Waals surface area contributed by atoms with Crippen LogP contribution in [-0.2, 0) is 30.3 Å². The van der Waals surface area contributed by atoms with Crippen LogP contribution in [0.25, 0.3) is 0 Å². The molecule has 2 aromatic rings. The Morgan fingerprint density at radius 1 is 0.667 bits per heavy atom. The number of hydrogen-bond donors (Lipinski definition) is 2. The third kappa shape index (κ3) is 5.55. The minimum atomic E-state index is -0.0139. The Hall–Kier alpha value is -0.861. The molecule has 0 amide bonds. The zero-order valence-corrected chi connectivity index (χ0v) is 8.77. The summed E-state index contributed by atoms with van der Waals surface area (Å²) in [5.74, 6) is 0. The molecule has 2 nitrogen and oxygen atoms in total. The SMILES string of the molecule is OC[c-]1[c-][c-][c-][c-]1.OC[c-]1[c-][c-][c-][c-]1.[Fe]. The predicted molar refractivity (Wildman–Crippen MR) is 46.6 cm³/mol. The fourth-order valence-electron chi connectivity index (χ4n) is 0.647. The summed E-state index contributed by atoms with van der Waals surface area (Å²) in [4.78, 5) is 0. The van der Waals surface area contributed by atoms with Crippen molar-refractivity contribution >= 4 is 0 Å². The average molecular weight is 238 g/mol. The summed E-state index contributed by atoms with van der Waals surface area (Å²) < 4.78 is 0. The molecule has 0 aromatic heterocycles. The van der Waals surface area contributed by atoms with Gasteiger partial charge in [-0.1, -0.05) is 0 Å². The third-order valence-corrected chi connectivity index (χ3v) is 1.29. The van der Waals surface area contributed by atoms with Gasteiger partial charge < -0.3 is 69.9 Å². The van der Waals surface area contributed by atoms with Crippen molar-refractivity contribution in [2.45, 2.75) is 13.2 Å². The van der Waals surface area contributed by atoms with E-state index in [1.165, 1.54) is 0 Å². The zero-order valence-electron chi connectivity index (χ0n) is 7.66. The molecule has 15 heavy (non-hydrogen) atoms. The number of hydrogen-bond acceptors (Lipinski definition) is 2. The maximum atomic E-state index is 8.32. The summed E-state index contributed by atoms with van der Waals surface area (Å²) in [5, 5.41) is 16.6. The third-order valence-electron chi connectivity index (χ3n) is 1.29. The van der Waals surface area contributed by atoms with Crippen LogP contribution < -0.4 is 0 Å². The van der Waals surface area contributed by atoms with E-state index in [9.17, 15) is 0 Å². The average Bonchev–Trinajstić information content (AvgIpc) is 2.92. The topological polar surface area (TPSA) is 40.5 Å². The smallest absolute Gasteiger partial charge is 0 e. The summed E-state index contributed by atoms with van der Waals surface area (Å²) in [7, 11) is 0. The predicted octanol–water partition coefficient (Wildman–Crippen LogP) is 0.195. The van der Waals surface area contributed by atoms with Gasteiger partial charge in [-0.2, -0.15) is 0 Å². The van der Waals surface area contributed by atoms with E-state index in [1.54, 1.807) is 0 Å². The van der Waals surface area contributed by atoms with E-state index in [2.05, 4.69) is 48.5 Å². The van der Waals surface area contributed by atoms with Gasteiger partial charge in [-0.3, -0.25) is 0 Å². The standard InChI is InChI=1S/2C6H3O.Fe/c2*7-5-6-3-1-2-4-6;/h2*7H,5H2;/q2*-5;. The number of aliphatic hydroxyl groups is 2. The van der Waals surface area contributed by atoms with Crippen molar-refractivity contribution in [2.24, 2.45) is 0 Å². The molecule has 3 heteroatoms. The summed E-state index contributed by atoms with van der Waals surface area (Å²) >= 11 is 0. The van der Waals surface area contributed by atoms with Crippen LogP contribution in [0.3, 0.4) is 0 Å². The molecule has 0 radical (unpaired) electrons. The first-order valence-corrected chi connectivity index (χ1v) is 3.84. The molecular weight excluding hydrogens is 232 g/mol. The van der Waals surface area contributed by atoms with E-state index < -0.39 is 0 Å². The van der Waals surface area contributed by atoms with Gasteiger partial charge in [0.2, 0.25) is 0 Å². The van der Waals surface area contributed by atoms with Crippen LogP contribution in [0.4, 0.5) is 0 Å². The van der Waals surface area contributed by atoms with E-state index in [0.717, 1.165) is 0 Å². The van der Waals surface area contributed by atoms with Crippen LogP contribution >= 0.6 is 0 Å². The molecule has 0 aliphatic heterocycles. The van der Waals surface area contributed by atoms with Crippen molar-refractivity contribution in [1.82, 2.24) is 0 Å². The molecule has 2 rings (SSSR count). The van der Waals surface area contributed by atoms with Crippen molar-refractivity contribution in [3.8, 4) is 0 Å². The number of rotatable bonds is 2. The molecule has 2 N–H and O–H groups in total. The molecular formula is C12H6FeO2-10. The fourth-order valence-corrected chi connectivity index (χ4v) is 0.647. The van der Waals surface area contributed by atoms with Crippen molar-refractivity contribution < 1.29 is 27.3 Å². The van der Waals surface area contributed by atoms with Gasteiger partial charge in [0.05, 0.1) is 0 Å². The van der Waals surface area contributed by atoms with Gasteiger partial charge in [0.1, 0.15) is 0 Å². The first kappa shape index (κ1) is 14.1. The second kappa shape index (κ2) is 8.45. The van der Waals surface area contributed by atoms with Crippen molar-refractivity contribution in [1.29, 1.82) is 0 Å². The molecule has 0 saturated heterocycles. The molecule has 2 aromatic carbocycles. The van der Waals surface area contributed by atoms with Gasteiger partial charge in [0.25, 0.3) is 0 Å². The van der Waals surface area contributed by atoms with Crippen LogP contribution in [-0.4, -0.2) is 10.2 Å². The Balaban J connectivity index is 0.000000245. The van der Waals surface area contributed by atoms with Crippen LogP contribution in [0.15, 0.2) is 0 Å². The second-order valence-corrected chi connectivity index (χ2v) is 2.27. The largest absolute Gasteiger partial charge is 0.998 e. The van der Waals surface area contributed by atoms with Gasteiger partial charge in [-0.05, 0) is 0 Å². The molecule has 0 atom stereocenters. The molecule has 0 fully saturated rings. The first-order valence-electron chi connectivity index (χ1n) is 3.84. The monoisotopic (exact) mass is 238 g/mol. The Labute approximate surface area is 100 Å². The number of aliphatic hydroxyl groups excluding tert-OH is 2. The van der Waals surface area contributed by atoms with Crippen molar-refractivity contribution in [3.63, 3.8) is 0 Å². The van der Waals surface area contributed by atoms with E-state index in [4.69, 9.17) is 10.2 Å². The summed E-state index contributed by atoms with van der Waals surface area (Å²) in [6, 6.07) is 20.5. The van der Waals surface area contributed by atoms with E-state index in [0.29, 0.717) is 11.1 Å². The Bertz CT molecular complexity index is 277. The van der Waals surface area contributed by atoms with Gasteiger partial charge >= 0.3 is 0 Å². The summed E-state index contributed by atoms with van der Waals surface area (Å²) in [6.07, 6.45) is 0. The second-order valence-electron chi connectivity index (χ2n) is 2.27. The fraction of sp³-hybridized carbons (Fsp3) is 0.167. The maximum absolute atomic E-state index is 8.32. The van der Waals surface area contributed by atoms with E-state index in [1.807, 2.05) is 0 Å². The van der Waals surface area contributed by atoms with E-state index >= 15 is 0 Å². The van der Waals surface area contributed by atoms with Crippen LogP contribution in [0.2, 0.25) is 0 Å². The summed E-state index contributed by atoms with van der Waals surface area (Å²) in [6.45, 7) is -0.0278. The Morgan fingerprint density at radius 3 is 1.07 bits per heavy atom. The first-order chi connectivity index (χ1) is 6.86. The van der Waals surface area contributed by atoms with Crippen molar-refractivity contribution in [2.75, 3.05) is 0 Å². The molecule has 0 aliphatic carbocycles. The Kier molecular flexibility index (Phi) is 7.96. The van der Waals surface area contributed by atoms with Gasteiger partial charge in [0.15, 0.2) is 0 Å². The zero-order chi connectivity index (χ0) is 10.2. The molecule has 84 valence electrons. The van der Waals surface area contributed by atoms with Crippen molar-refractivity contribution in [3.05, 3.63) is 59.7 Å². The van der Waals surface area contributed by atoms with Crippen LogP contribution in [0, 0.1) is 48.5 Å². The molecule has 0 unspecified atom stereocenters. The molecule has 0 saturated carbocycles. The Morgan fingerprint density at radius 2 is 0.933 bits per heavy atom. The molecule has 0 spiro atoms. The van der Waals surface area contributed by atoms with Gasteiger partial charge in [0, 0.05) is 17.1 Å². The van der Waals surface area contributed by atoms with E-state index in [-0.39, 0.29) is 30.3 Å². The van der Waals surface area contributed by atoms with Crippen LogP contribution in [0.5, 0.6) is 0 Å². The van der Waals surface area contributed by atoms with Crippen LogP contribution in [0.1, 0.15) is 11.1 Å². The molecule has 0 bridgehead atoms.